The predicted molar refractivity (Wildman–Crippen MR) is 72.6 cm³/mol. The number of nitrogens with two attached hydrogens (primary N) is 1. The van der Waals surface area contributed by atoms with Gasteiger partial charge in [-0.05, 0) is 45.8 Å². The van der Waals surface area contributed by atoms with Crippen LogP contribution in [0.4, 0.5) is 0 Å². The minimum absolute atomic E-state index is 0.164. The summed E-state index contributed by atoms with van der Waals surface area (Å²) in [6.07, 6.45) is 1.74. The molecule has 0 radical (unpaired) electrons. The average Bonchev–Trinajstić information content (AvgIpc) is 2.35. The summed E-state index contributed by atoms with van der Waals surface area (Å²) in [5.74, 6) is 5.60. The maximum absolute atomic E-state index is 5.86. The standard InChI is InChI=1S/C12H11BrClN3/c13-10-2-1-7-16-12(10)11(17-15)8-3-5-9(14)6-4-8/h1-7,11,17H,15H2. The zero-order valence-electron chi connectivity index (χ0n) is 8.90. The number of halogens is 2. The summed E-state index contributed by atoms with van der Waals surface area (Å²) >= 11 is 9.33. The number of hydrogen-bond donors (Lipinski definition) is 2. The molecule has 17 heavy (non-hydrogen) atoms. The number of nitrogens with one attached hydrogen (secondary N) is 1. The van der Waals surface area contributed by atoms with Crippen LogP contribution in [0.15, 0.2) is 47.1 Å². The number of pyridine rings is 1. The Morgan fingerprint density at radius 3 is 2.53 bits per heavy atom. The molecule has 0 saturated heterocycles. The molecule has 1 atom stereocenters. The van der Waals surface area contributed by atoms with Crippen LogP contribution >= 0.6 is 27.5 Å². The molecule has 0 spiro atoms. The Balaban J connectivity index is 2.40. The summed E-state index contributed by atoms with van der Waals surface area (Å²) < 4.78 is 0.915. The smallest absolute Gasteiger partial charge is 0.0892 e. The van der Waals surface area contributed by atoms with Crippen LogP contribution in [-0.4, -0.2) is 4.98 Å². The molecule has 1 aromatic carbocycles. The Labute approximate surface area is 113 Å². The molecule has 5 heteroatoms. The first-order valence-electron chi connectivity index (χ1n) is 5.04. The summed E-state index contributed by atoms with van der Waals surface area (Å²) in [7, 11) is 0. The summed E-state index contributed by atoms with van der Waals surface area (Å²) in [4.78, 5) is 4.33. The van der Waals surface area contributed by atoms with Gasteiger partial charge in [0.15, 0.2) is 0 Å². The minimum Gasteiger partial charge on any atom is -0.271 e. The number of aromatic nitrogens is 1. The van der Waals surface area contributed by atoms with E-state index < -0.39 is 0 Å². The van der Waals surface area contributed by atoms with Crippen molar-refractivity contribution in [2.45, 2.75) is 6.04 Å². The molecule has 3 N–H and O–H groups in total. The molecule has 1 aromatic heterocycles. The molecule has 1 unspecified atom stereocenters. The van der Waals surface area contributed by atoms with E-state index in [1.54, 1.807) is 6.20 Å². The van der Waals surface area contributed by atoms with Gasteiger partial charge in [-0.1, -0.05) is 23.7 Å². The molecule has 0 amide bonds. The highest BCUT2D eigenvalue weighted by atomic mass is 79.9. The summed E-state index contributed by atoms with van der Waals surface area (Å²) in [6.45, 7) is 0. The quantitative estimate of drug-likeness (QED) is 0.676. The molecule has 0 aliphatic heterocycles. The Kier molecular flexibility index (Phi) is 4.12. The number of benzene rings is 1. The minimum atomic E-state index is -0.164. The van der Waals surface area contributed by atoms with Crippen LogP contribution in [0.3, 0.4) is 0 Å². The van der Waals surface area contributed by atoms with Gasteiger partial charge in [-0.25, -0.2) is 5.43 Å². The van der Waals surface area contributed by atoms with Crippen LogP contribution in [0.2, 0.25) is 5.02 Å². The van der Waals surface area contributed by atoms with Gasteiger partial charge in [-0.3, -0.25) is 10.8 Å². The van der Waals surface area contributed by atoms with Crippen LogP contribution in [0, 0.1) is 0 Å². The van der Waals surface area contributed by atoms with Gasteiger partial charge in [0.05, 0.1) is 11.7 Å². The Hall–Kier alpha value is -0.940. The van der Waals surface area contributed by atoms with E-state index in [0.717, 1.165) is 15.7 Å². The van der Waals surface area contributed by atoms with Gasteiger partial charge < -0.3 is 0 Å². The van der Waals surface area contributed by atoms with Crippen LogP contribution in [0.25, 0.3) is 0 Å². The first-order valence-corrected chi connectivity index (χ1v) is 6.21. The van der Waals surface area contributed by atoms with E-state index in [0.29, 0.717) is 5.02 Å². The van der Waals surface area contributed by atoms with Crippen molar-refractivity contribution >= 4 is 27.5 Å². The van der Waals surface area contributed by atoms with E-state index >= 15 is 0 Å². The van der Waals surface area contributed by atoms with Crippen molar-refractivity contribution in [3.63, 3.8) is 0 Å². The highest BCUT2D eigenvalue weighted by molar-refractivity contribution is 9.10. The average molecular weight is 313 g/mol. The van der Waals surface area contributed by atoms with Crippen molar-refractivity contribution < 1.29 is 0 Å². The SMILES string of the molecule is NNC(c1ccc(Cl)cc1)c1ncccc1Br. The van der Waals surface area contributed by atoms with Crippen molar-refractivity contribution in [1.82, 2.24) is 10.4 Å². The lowest BCUT2D eigenvalue weighted by atomic mass is 10.0. The molecular weight excluding hydrogens is 302 g/mol. The fourth-order valence-electron chi connectivity index (χ4n) is 1.60. The van der Waals surface area contributed by atoms with E-state index in [2.05, 4.69) is 26.3 Å². The van der Waals surface area contributed by atoms with Gasteiger partial charge in [-0.2, -0.15) is 0 Å². The van der Waals surface area contributed by atoms with E-state index in [1.807, 2.05) is 36.4 Å². The van der Waals surface area contributed by atoms with Gasteiger partial charge in [0.2, 0.25) is 0 Å². The molecule has 2 rings (SSSR count). The van der Waals surface area contributed by atoms with Crippen LogP contribution in [0.5, 0.6) is 0 Å². The largest absolute Gasteiger partial charge is 0.271 e. The van der Waals surface area contributed by atoms with E-state index in [9.17, 15) is 0 Å². The third-order valence-corrected chi connectivity index (χ3v) is 3.35. The van der Waals surface area contributed by atoms with Gasteiger partial charge >= 0.3 is 0 Å². The van der Waals surface area contributed by atoms with Crippen LogP contribution in [0.1, 0.15) is 17.3 Å². The van der Waals surface area contributed by atoms with Crippen molar-refractivity contribution in [3.05, 3.63) is 63.3 Å². The lowest BCUT2D eigenvalue weighted by molar-refractivity contribution is 0.618. The Morgan fingerprint density at radius 1 is 1.24 bits per heavy atom. The normalized spacial score (nSPS) is 12.4. The maximum Gasteiger partial charge on any atom is 0.0892 e. The second kappa shape index (κ2) is 5.60. The second-order valence-electron chi connectivity index (χ2n) is 3.52. The predicted octanol–water partition coefficient (Wildman–Crippen LogP) is 3.05. The number of nitrogens with zero attached hydrogens (tertiary/aromatic N) is 1. The third-order valence-electron chi connectivity index (χ3n) is 2.43. The number of hydrazine groups is 1. The summed E-state index contributed by atoms with van der Waals surface area (Å²) in [6, 6.07) is 11.1. The molecule has 0 aliphatic carbocycles. The first-order chi connectivity index (χ1) is 8.22. The highest BCUT2D eigenvalue weighted by Crippen LogP contribution is 2.26. The zero-order valence-corrected chi connectivity index (χ0v) is 11.2. The molecule has 88 valence electrons. The molecule has 0 aliphatic rings. The first kappa shape index (κ1) is 12.5. The summed E-state index contributed by atoms with van der Waals surface area (Å²) in [5, 5.41) is 0.699. The number of hydrogen-bond acceptors (Lipinski definition) is 3. The molecule has 0 bridgehead atoms. The fourth-order valence-corrected chi connectivity index (χ4v) is 2.21. The third kappa shape index (κ3) is 2.84. The molecule has 0 saturated carbocycles. The molecule has 2 aromatic rings. The zero-order chi connectivity index (χ0) is 12.3. The monoisotopic (exact) mass is 311 g/mol. The second-order valence-corrected chi connectivity index (χ2v) is 4.81. The number of rotatable bonds is 3. The maximum atomic E-state index is 5.86. The molecule has 0 fully saturated rings. The van der Waals surface area contributed by atoms with Crippen LogP contribution < -0.4 is 11.3 Å². The lowest BCUT2D eigenvalue weighted by Crippen LogP contribution is -2.29. The fraction of sp³-hybridized carbons (Fsp3) is 0.0833. The van der Waals surface area contributed by atoms with E-state index in [4.69, 9.17) is 17.4 Å². The lowest BCUT2D eigenvalue weighted by Gasteiger charge is -2.17. The Morgan fingerprint density at radius 2 is 1.94 bits per heavy atom. The molecular formula is C12H11BrClN3. The van der Waals surface area contributed by atoms with Gasteiger partial charge in [0, 0.05) is 15.7 Å². The molecule has 1 heterocycles. The van der Waals surface area contributed by atoms with E-state index in [-0.39, 0.29) is 6.04 Å². The van der Waals surface area contributed by atoms with E-state index in [1.165, 1.54) is 0 Å². The van der Waals surface area contributed by atoms with Crippen molar-refractivity contribution in [3.8, 4) is 0 Å². The Bertz CT molecular complexity index is 501. The van der Waals surface area contributed by atoms with Gasteiger partial charge in [0.1, 0.15) is 0 Å². The van der Waals surface area contributed by atoms with Crippen LogP contribution in [-0.2, 0) is 0 Å². The van der Waals surface area contributed by atoms with Gasteiger partial charge in [0.25, 0.3) is 0 Å². The summed E-state index contributed by atoms with van der Waals surface area (Å²) in [5.41, 5.74) is 4.61. The van der Waals surface area contributed by atoms with Crippen molar-refractivity contribution in [2.24, 2.45) is 5.84 Å². The van der Waals surface area contributed by atoms with Gasteiger partial charge in [-0.15, -0.1) is 0 Å². The van der Waals surface area contributed by atoms with Crippen molar-refractivity contribution in [2.75, 3.05) is 0 Å². The topological polar surface area (TPSA) is 50.9 Å². The molecule has 3 nitrogen and oxygen atoms in total. The highest BCUT2D eigenvalue weighted by Gasteiger charge is 2.16. The van der Waals surface area contributed by atoms with Crippen molar-refractivity contribution in [1.29, 1.82) is 0 Å².